The first-order chi connectivity index (χ1) is 9.83. The van der Waals surface area contributed by atoms with E-state index >= 15 is 0 Å². The predicted octanol–water partition coefficient (Wildman–Crippen LogP) is -0.532. The van der Waals surface area contributed by atoms with Crippen LogP contribution in [-0.4, -0.2) is 42.9 Å². The fourth-order valence-corrected chi connectivity index (χ4v) is 2.52. The van der Waals surface area contributed by atoms with Gasteiger partial charge >= 0.3 is 0 Å². The minimum Gasteiger partial charge on any atom is -0.386 e. The molecular formula is C12H12FN5O3. The van der Waals surface area contributed by atoms with E-state index in [-0.39, 0.29) is 11.5 Å². The van der Waals surface area contributed by atoms with Crippen LogP contribution in [0.3, 0.4) is 0 Å². The number of nitrogen functional groups attached to an aromatic ring is 1. The van der Waals surface area contributed by atoms with Crippen molar-refractivity contribution in [1.29, 1.82) is 5.26 Å². The topological polar surface area (TPSA) is 130 Å². The van der Waals surface area contributed by atoms with Gasteiger partial charge in [-0.3, -0.25) is 0 Å². The van der Waals surface area contributed by atoms with Crippen LogP contribution in [0.25, 0.3) is 5.52 Å². The van der Waals surface area contributed by atoms with Crippen LogP contribution in [0, 0.1) is 11.3 Å². The number of rotatable bonds is 1. The number of hydrogen-bond acceptors (Lipinski definition) is 7. The third-order valence-electron chi connectivity index (χ3n) is 3.63. The van der Waals surface area contributed by atoms with Crippen LogP contribution in [0.1, 0.15) is 12.6 Å². The van der Waals surface area contributed by atoms with E-state index in [4.69, 9.17) is 10.5 Å². The van der Waals surface area contributed by atoms with Gasteiger partial charge in [0.05, 0.1) is 5.69 Å². The maximum absolute atomic E-state index is 14.2. The van der Waals surface area contributed by atoms with Gasteiger partial charge in [-0.2, -0.15) is 10.4 Å². The lowest BCUT2D eigenvalue weighted by Gasteiger charge is -2.24. The van der Waals surface area contributed by atoms with Gasteiger partial charge in [0, 0.05) is 0 Å². The molecule has 0 bridgehead atoms. The van der Waals surface area contributed by atoms with Crippen molar-refractivity contribution in [3.05, 3.63) is 24.2 Å². The van der Waals surface area contributed by atoms with Crippen LogP contribution in [-0.2, 0) is 10.3 Å². The Morgan fingerprint density at radius 1 is 1.48 bits per heavy atom. The fourth-order valence-electron chi connectivity index (χ4n) is 2.52. The van der Waals surface area contributed by atoms with E-state index in [1.54, 1.807) is 6.07 Å². The first kappa shape index (κ1) is 13.7. The molecule has 2 aromatic heterocycles. The van der Waals surface area contributed by atoms with Crippen LogP contribution in [0.4, 0.5) is 10.2 Å². The number of nitrogens with two attached hydrogens (primary N) is 1. The predicted molar refractivity (Wildman–Crippen MR) is 67.3 cm³/mol. The maximum atomic E-state index is 14.2. The van der Waals surface area contributed by atoms with Crippen molar-refractivity contribution < 1.29 is 19.3 Å². The van der Waals surface area contributed by atoms with E-state index < -0.39 is 23.7 Å². The van der Waals surface area contributed by atoms with Crippen LogP contribution in [0.2, 0.25) is 0 Å². The number of ether oxygens (including phenoxy) is 1. The van der Waals surface area contributed by atoms with E-state index in [0.717, 1.165) is 13.3 Å². The zero-order valence-electron chi connectivity index (χ0n) is 10.9. The van der Waals surface area contributed by atoms with Crippen molar-refractivity contribution in [2.24, 2.45) is 0 Å². The van der Waals surface area contributed by atoms with Crippen LogP contribution in [0.15, 0.2) is 18.5 Å². The van der Waals surface area contributed by atoms with E-state index in [2.05, 4.69) is 10.1 Å². The normalized spacial score (nSPS) is 36.0. The van der Waals surface area contributed by atoms with Gasteiger partial charge in [0.2, 0.25) is 11.5 Å². The quantitative estimate of drug-likeness (QED) is 0.644. The first-order valence-corrected chi connectivity index (χ1v) is 6.08. The number of hydrogen-bond donors (Lipinski definition) is 3. The summed E-state index contributed by atoms with van der Waals surface area (Å²) in [5, 5.41) is 33.2. The number of aliphatic hydroxyl groups is 2. The van der Waals surface area contributed by atoms with Crippen molar-refractivity contribution in [3.63, 3.8) is 0 Å². The summed E-state index contributed by atoms with van der Waals surface area (Å²) in [5.41, 5.74) is 4.02. The number of nitrogens with zero attached hydrogens (tertiary/aromatic N) is 4. The van der Waals surface area contributed by atoms with Crippen molar-refractivity contribution >= 4 is 11.3 Å². The third kappa shape index (κ3) is 1.64. The van der Waals surface area contributed by atoms with Crippen LogP contribution >= 0.6 is 0 Å². The second-order valence-electron chi connectivity index (χ2n) is 4.99. The number of alkyl halides is 1. The van der Waals surface area contributed by atoms with Crippen molar-refractivity contribution in [2.45, 2.75) is 30.6 Å². The SMILES string of the molecule is C[C@@]1(F)O[C@@](C#N)(c2ccc3c(N)ncnn23)[C@H](O)[C@@H]1O. The van der Waals surface area contributed by atoms with Gasteiger partial charge < -0.3 is 20.7 Å². The average Bonchev–Trinajstić information content (AvgIpc) is 2.95. The Morgan fingerprint density at radius 3 is 2.76 bits per heavy atom. The van der Waals surface area contributed by atoms with Gasteiger partial charge in [0.1, 0.15) is 30.1 Å². The lowest BCUT2D eigenvalue weighted by atomic mass is 9.92. The Kier molecular flexibility index (Phi) is 2.68. The molecule has 4 N–H and O–H groups in total. The summed E-state index contributed by atoms with van der Waals surface area (Å²) >= 11 is 0. The van der Waals surface area contributed by atoms with Gasteiger partial charge in [0.15, 0.2) is 5.82 Å². The molecule has 3 rings (SSSR count). The number of anilines is 1. The Morgan fingerprint density at radius 2 is 2.19 bits per heavy atom. The molecule has 0 unspecified atom stereocenters. The molecule has 1 aliphatic rings. The molecule has 0 aliphatic carbocycles. The Hall–Kier alpha value is -2.28. The van der Waals surface area contributed by atoms with Crippen molar-refractivity contribution in [1.82, 2.24) is 14.6 Å². The number of fused-ring (bicyclic) bond motifs is 1. The summed E-state index contributed by atoms with van der Waals surface area (Å²) < 4.78 is 20.4. The second-order valence-corrected chi connectivity index (χ2v) is 4.99. The summed E-state index contributed by atoms with van der Waals surface area (Å²) in [4.78, 5) is 3.79. The van der Waals surface area contributed by atoms with Gasteiger partial charge in [-0.1, -0.05) is 0 Å². The summed E-state index contributed by atoms with van der Waals surface area (Å²) in [7, 11) is 0. The molecule has 2 aromatic rings. The summed E-state index contributed by atoms with van der Waals surface area (Å²) in [5.74, 6) is -2.42. The Bertz CT molecular complexity index is 755. The Labute approximate surface area is 118 Å². The first-order valence-electron chi connectivity index (χ1n) is 6.08. The summed E-state index contributed by atoms with van der Waals surface area (Å²) in [6, 6.07) is 4.66. The molecule has 0 spiro atoms. The largest absolute Gasteiger partial charge is 0.386 e. The molecule has 21 heavy (non-hydrogen) atoms. The van der Waals surface area contributed by atoms with Gasteiger partial charge in [-0.05, 0) is 19.1 Å². The van der Waals surface area contributed by atoms with E-state index in [1.807, 2.05) is 0 Å². The minimum absolute atomic E-state index is 0.0574. The second kappa shape index (κ2) is 4.11. The molecule has 9 heteroatoms. The van der Waals surface area contributed by atoms with E-state index in [0.29, 0.717) is 5.52 Å². The molecular weight excluding hydrogens is 281 g/mol. The van der Waals surface area contributed by atoms with Crippen molar-refractivity contribution in [2.75, 3.05) is 5.73 Å². The number of aliphatic hydroxyl groups excluding tert-OH is 2. The number of aromatic nitrogens is 3. The average molecular weight is 293 g/mol. The molecule has 1 fully saturated rings. The molecule has 0 saturated carbocycles. The van der Waals surface area contributed by atoms with E-state index in [1.165, 1.54) is 16.6 Å². The number of nitriles is 1. The fraction of sp³-hybridized carbons (Fsp3) is 0.417. The zero-order valence-corrected chi connectivity index (χ0v) is 10.9. The molecule has 0 amide bonds. The molecule has 8 nitrogen and oxygen atoms in total. The molecule has 0 aromatic carbocycles. The molecule has 1 aliphatic heterocycles. The zero-order chi connectivity index (χ0) is 15.4. The van der Waals surface area contributed by atoms with Gasteiger partial charge in [0.25, 0.3) is 0 Å². The van der Waals surface area contributed by atoms with Crippen LogP contribution < -0.4 is 5.73 Å². The summed E-state index contributed by atoms with van der Waals surface area (Å²) in [6.07, 6.45) is -2.50. The standard InChI is InChI=1S/C12H12FN5O3/c1-11(13)8(19)9(20)12(4-14,21-11)7-3-2-6-10(15)16-5-17-18(6)7/h2-3,5,8-9,19-20H,1H3,(H2,15,16,17)/t8-,9+,11+,12-/m0/s1. The van der Waals surface area contributed by atoms with Crippen LogP contribution in [0.5, 0.6) is 0 Å². The number of halogens is 1. The Balaban J connectivity index is 2.25. The molecule has 0 radical (unpaired) electrons. The molecule has 4 atom stereocenters. The molecule has 3 heterocycles. The highest BCUT2D eigenvalue weighted by atomic mass is 19.2. The highest BCUT2D eigenvalue weighted by Crippen LogP contribution is 2.45. The lowest BCUT2D eigenvalue weighted by Crippen LogP contribution is -2.41. The smallest absolute Gasteiger partial charge is 0.237 e. The monoisotopic (exact) mass is 293 g/mol. The van der Waals surface area contributed by atoms with Gasteiger partial charge in [-0.25, -0.2) is 13.9 Å². The molecule has 1 saturated heterocycles. The lowest BCUT2D eigenvalue weighted by molar-refractivity contribution is -0.180. The third-order valence-corrected chi connectivity index (χ3v) is 3.63. The van der Waals surface area contributed by atoms with E-state index in [9.17, 15) is 19.9 Å². The minimum atomic E-state index is -2.57. The highest BCUT2D eigenvalue weighted by Gasteiger charge is 2.63. The summed E-state index contributed by atoms with van der Waals surface area (Å²) in [6.45, 7) is 0.944. The van der Waals surface area contributed by atoms with Crippen molar-refractivity contribution in [3.8, 4) is 6.07 Å². The maximum Gasteiger partial charge on any atom is 0.237 e. The highest BCUT2D eigenvalue weighted by molar-refractivity contribution is 5.66. The molecule has 110 valence electrons. The van der Waals surface area contributed by atoms with Gasteiger partial charge in [-0.15, -0.1) is 0 Å².